The van der Waals surface area contributed by atoms with Crippen molar-refractivity contribution in [3.05, 3.63) is 51.2 Å². The Morgan fingerprint density at radius 2 is 2.08 bits per heavy atom. The maximum Gasteiger partial charge on any atom is 0.271 e. The van der Waals surface area contributed by atoms with Gasteiger partial charge in [-0.1, -0.05) is 11.6 Å². The quantitative estimate of drug-likeness (QED) is 0.613. The lowest BCUT2D eigenvalue weighted by Crippen LogP contribution is -2.44. The molecule has 1 aromatic carbocycles. The van der Waals surface area contributed by atoms with E-state index in [1.165, 1.54) is 6.07 Å². The Kier molecular flexibility index (Phi) is 5.03. The summed E-state index contributed by atoms with van der Waals surface area (Å²) in [7, 11) is 2.04. The lowest BCUT2D eigenvalue weighted by Gasteiger charge is -2.38. The van der Waals surface area contributed by atoms with Crippen LogP contribution in [0.3, 0.4) is 0 Å². The Morgan fingerprint density at radius 1 is 1.36 bits per heavy atom. The summed E-state index contributed by atoms with van der Waals surface area (Å²) in [6.45, 7) is 3.55. The van der Waals surface area contributed by atoms with Crippen molar-refractivity contribution in [1.29, 1.82) is 0 Å². The SMILES string of the molecule is Cc1cc([N+](=O)[O-])cc(Cl)c1N1CCC(N(C)c2cccnn2)CC1. The summed E-state index contributed by atoms with van der Waals surface area (Å²) >= 11 is 6.33. The van der Waals surface area contributed by atoms with Crippen LogP contribution in [0.2, 0.25) is 5.02 Å². The highest BCUT2D eigenvalue weighted by atomic mass is 35.5. The van der Waals surface area contributed by atoms with Gasteiger partial charge in [0, 0.05) is 44.5 Å². The number of aromatic nitrogens is 2. The number of piperidine rings is 1. The number of anilines is 2. The second-order valence-corrected chi connectivity index (χ2v) is 6.67. The summed E-state index contributed by atoms with van der Waals surface area (Å²) in [6.07, 6.45) is 3.58. The first-order valence-electron chi connectivity index (χ1n) is 8.17. The number of hydrogen-bond donors (Lipinski definition) is 0. The zero-order chi connectivity index (χ0) is 18.0. The maximum atomic E-state index is 11.0. The first-order valence-corrected chi connectivity index (χ1v) is 8.55. The van der Waals surface area contributed by atoms with Crippen LogP contribution < -0.4 is 9.80 Å². The monoisotopic (exact) mass is 361 g/mol. The third kappa shape index (κ3) is 3.66. The van der Waals surface area contributed by atoms with Gasteiger partial charge in [0.1, 0.15) is 0 Å². The number of benzene rings is 1. The molecule has 1 saturated heterocycles. The van der Waals surface area contributed by atoms with E-state index in [1.54, 1.807) is 12.3 Å². The number of aryl methyl sites for hydroxylation is 1. The summed E-state index contributed by atoms with van der Waals surface area (Å²) < 4.78 is 0. The highest BCUT2D eigenvalue weighted by molar-refractivity contribution is 6.33. The Labute approximate surface area is 151 Å². The third-order valence-electron chi connectivity index (χ3n) is 4.70. The van der Waals surface area contributed by atoms with Crippen molar-refractivity contribution in [2.45, 2.75) is 25.8 Å². The number of halogens is 1. The molecule has 2 heterocycles. The Bertz CT molecular complexity index is 740. The first kappa shape index (κ1) is 17.4. The van der Waals surface area contributed by atoms with Crippen LogP contribution in [0, 0.1) is 17.0 Å². The molecular weight excluding hydrogens is 342 g/mol. The van der Waals surface area contributed by atoms with Gasteiger partial charge in [-0.05, 0) is 37.5 Å². The summed E-state index contributed by atoms with van der Waals surface area (Å²) in [5, 5.41) is 19.5. The molecular formula is C17H20ClN5O2. The van der Waals surface area contributed by atoms with E-state index >= 15 is 0 Å². The van der Waals surface area contributed by atoms with Crippen molar-refractivity contribution < 1.29 is 4.92 Å². The number of hydrogen-bond acceptors (Lipinski definition) is 6. The average molecular weight is 362 g/mol. The average Bonchev–Trinajstić information content (AvgIpc) is 2.61. The van der Waals surface area contributed by atoms with Gasteiger partial charge in [0.15, 0.2) is 5.82 Å². The van der Waals surface area contributed by atoms with E-state index in [2.05, 4.69) is 20.0 Å². The van der Waals surface area contributed by atoms with Crippen LogP contribution in [0.5, 0.6) is 0 Å². The van der Waals surface area contributed by atoms with Gasteiger partial charge in [-0.25, -0.2) is 0 Å². The van der Waals surface area contributed by atoms with E-state index < -0.39 is 4.92 Å². The Balaban J connectivity index is 1.71. The fraction of sp³-hybridized carbons (Fsp3) is 0.412. The van der Waals surface area contributed by atoms with Gasteiger partial charge in [0.25, 0.3) is 5.69 Å². The molecule has 1 aromatic heterocycles. The molecule has 2 aromatic rings. The van der Waals surface area contributed by atoms with E-state index in [0.717, 1.165) is 43.0 Å². The van der Waals surface area contributed by atoms with Crippen LogP contribution >= 0.6 is 11.6 Å². The minimum atomic E-state index is -0.412. The highest BCUT2D eigenvalue weighted by Gasteiger charge is 2.26. The van der Waals surface area contributed by atoms with Gasteiger partial charge in [0.2, 0.25) is 0 Å². The molecule has 0 aliphatic carbocycles. The van der Waals surface area contributed by atoms with Crippen molar-refractivity contribution in [3.63, 3.8) is 0 Å². The smallest absolute Gasteiger partial charge is 0.271 e. The molecule has 1 fully saturated rings. The van der Waals surface area contributed by atoms with Gasteiger partial charge in [-0.2, -0.15) is 5.10 Å². The van der Waals surface area contributed by atoms with E-state index in [0.29, 0.717) is 11.1 Å². The largest absolute Gasteiger partial charge is 0.370 e. The third-order valence-corrected chi connectivity index (χ3v) is 4.99. The van der Waals surface area contributed by atoms with Gasteiger partial charge >= 0.3 is 0 Å². The molecule has 7 nitrogen and oxygen atoms in total. The molecule has 0 bridgehead atoms. The molecule has 1 aliphatic rings. The number of non-ortho nitro benzene ring substituents is 1. The second-order valence-electron chi connectivity index (χ2n) is 6.26. The Morgan fingerprint density at radius 3 is 2.64 bits per heavy atom. The molecule has 0 saturated carbocycles. The normalized spacial score (nSPS) is 15.2. The zero-order valence-electron chi connectivity index (χ0n) is 14.2. The van der Waals surface area contributed by atoms with Crippen LogP contribution in [0.25, 0.3) is 0 Å². The van der Waals surface area contributed by atoms with E-state index in [4.69, 9.17) is 11.6 Å². The topological polar surface area (TPSA) is 75.4 Å². The van der Waals surface area contributed by atoms with Crippen LogP contribution in [0.15, 0.2) is 30.5 Å². The fourth-order valence-electron chi connectivity index (χ4n) is 3.37. The van der Waals surface area contributed by atoms with Crippen LogP contribution in [-0.4, -0.2) is 41.3 Å². The van der Waals surface area contributed by atoms with E-state index in [1.807, 2.05) is 26.1 Å². The lowest BCUT2D eigenvalue weighted by atomic mass is 10.0. The summed E-state index contributed by atoms with van der Waals surface area (Å²) in [5.74, 6) is 0.866. The minimum Gasteiger partial charge on any atom is -0.370 e. The maximum absolute atomic E-state index is 11.0. The highest BCUT2D eigenvalue weighted by Crippen LogP contribution is 2.35. The second kappa shape index (κ2) is 7.23. The summed E-state index contributed by atoms with van der Waals surface area (Å²) in [5.41, 5.74) is 1.76. The van der Waals surface area contributed by atoms with E-state index in [9.17, 15) is 10.1 Å². The number of nitrogens with zero attached hydrogens (tertiary/aromatic N) is 5. The predicted molar refractivity (Wildman–Crippen MR) is 98.5 cm³/mol. The molecule has 0 amide bonds. The number of rotatable bonds is 4. The number of nitro benzene ring substituents is 1. The van der Waals surface area contributed by atoms with Gasteiger partial charge in [-0.15, -0.1) is 5.10 Å². The van der Waals surface area contributed by atoms with Crippen LogP contribution in [-0.2, 0) is 0 Å². The zero-order valence-corrected chi connectivity index (χ0v) is 15.0. The molecule has 1 aliphatic heterocycles. The molecule has 0 spiro atoms. The van der Waals surface area contributed by atoms with Crippen molar-refractivity contribution in [1.82, 2.24) is 10.2 Å². The molecule has 132 valence electrons. The summed E-state index contributed by atoms with van der Waals surface area (Å²) in [4.78, 5) is 14.9. The molecule has 0 atom stereocenters. The standard InChI is InChI=1S/C17H20ClN5O2/c1-12-10-14(23(24)25)11-15(18)17(12)22-8-5-13(6-9-22)21(2)16-4-3-7-19-20-16/h3-4,7,10-11,13H,5-6,8-9H2,1-2H3. The molecule has 0 N–H and O–H groups in total. The molecule has 0 radical (unpaired) electrons. The van der Waals surface area contributed by atoms with Gasteiger partial charge in [0.05, 0.1) is 15.6 Å². The number of nitro groups is 1. The molecule has 8 heteroatoms. The van der Waals surface area contributed by atoms with Crippen LogP contribution in [0.1, 0.15) is 18.4 Å². The van der Waals surface area contributed by atoms with E-state index in [-0.39, 0.29) is 5.69 Å². The van der Waals surface area contributed by atoms with Crippen LogP contribution in [0.4, 0.5) is 17.2 Å². The van der Waals surface area contributed by atoms with Gasteiger partial charge < -0.3 is 9.80 Å². The predicted octanol–water partition coefficient (Wildman–Crippen LogP) is 3.45. The molecule has 25 heavy (non-hydrogen) atoms. The van der Waals surface area contributed by atoms with Crippen molar-refractivity contribution in [2.24, 2.45) is 0 Å². The van der Waals surface area contributed by atoms with Gasteiger partial charge in [-0.3, -0.25) is 10.1 Å². The molecule has 0 unspecified atom stereocenters. The molecule has 3 rings (SSSR count). The summed E-state index contributed by atoms with van der Waals surface area (Å²) in [6, 6.07) is 7.23. The van der Waals surface area contributed by atoms with Crippen molar-refractivity contribution >= 4 is 28.8 Å². The minimum absolute atomic E-state index is 0.0310. The van der Waals surface area contributed by atoms with Crippen molar-refractivity contribution in [3.8, 4) is 0 Å². The Hall–Kier alpha value is -2.41. The first-order chi connectivity index (χ1) is 12.0. The lowest BCUT2D eigenvalue weighted by molar-refractivity contribution is -0.384. The van der Waals surface area contributed by atoms with Crippen molar-refractivity contribution in [2.75, 3.05) is 29.9 Å². The fourth-order valence-corrected chi connectivity index (χ4v) is 3.75.